The topological polar surface area (TPSA) is 183 Å². The predicted molar refractivity (Wildman–Crippen MR) is 88.0 cm³/mol. The first-order chi connectivity index (χ1) is 13.3. The molecule has 0 spiro atoms. The van der Waals surface area contributed by atoms with Gasteiger partial charge in [-0.25, -0.2) is 9.18 Å². The maximum Gasteiger partial charge on any atom is 0.330 e. The van der Waals surface area contributed by atoms with Crippen molar-refractivity contribution in [3.8, 4) is 0 Å². The van der Waals surface area contributed by atoms with Crippen molar-refractivity contribution in [1.82, 2.24) is 14.5 Å². The first-order valence-corrected chi connectivity index (χ1v) is 8.24. The molecular weight excluding hydrogens is 383 g/mol. The third-order valence-electron chi connectivity index (χ3n) is 4.57. The first kappa shape index (κ1) is 20.0. The highest BCUT2D eigenvalue weighted by atomic mass is 19.1. The third kappa shape index (κ3) is 3.27. The van der Waals surface area contributed by atoms with Gasteiger partial charge in [-0.05, 0) is 5.53 Å². The Labute approximate surface area is 155 Å². The quantitative estimate of drug-likeness (QED) is 0.303. The van der Waals surface area contributed by atoms with Crippen LogP contribution in [-0.2, 0) is 9.47 Å². The summed E-state index contributed by atoms with van der Waals surface area (Å²) in [5.74, 6) is -0.698. The van der Waals surface area contributed by atoms with Crippen LogP contribution in [0.2, 0.25) is 0 Å². The Bertz CT molecular complexity index is 921. The maximum atomic E-state index is 14.6. The number of rotatable bonds is 4. The summed E-state index contributed by atoms with van der Waals surface area (Å²) in [7, 11) is 0. The van der Waals surface area contributed by atoms with Gasteiger partial charge in [0.15, 0.2) is 12.4 Å². The molecular formula is C14H17FN6O7. The van der Waals surface area contributed by atoms with Crippen LogP contribution in [0.1, 0.15) is 16.6 Å². The minimum atomic E-state index is -2.36. The number of aromatic amines is 1. The fraction of sp³-hybridized carbons (Fsp3) is 0.643. The van der Waals surface area contributed by atoms with Gasteiger partial charge >= 0.3 is 5.69 Å². The summed E-state index contributed by atoms with van der Waals surface area (Å²) in [5, 5.41) is 22.5. The van der Waals surface area contributed by atoms with Crippen LogP contribution in [0.15, 0.2) is 20.9 Å². The fourth-order valence-electron chi connectivity index (χ4n) is 3.04. The number of carbonyl (C=O) groups is 1. The summed E-state index contributed by atoms with van der Waals surface area (Å²) < 4.78 is 25.4. The number of nitrogens with zero attached hydrogens (tertiary/aromatic N) is 5. The Hall–Kier alpha value is -2.77. The van der Waals surface area contributed by atoms with Crippen molar-refractivity contribution in [2.45, 2.75) is 24.2 Å². The summed E-state index contributed by atoms with van der Waals surface area (Å²) in [6.07, 6.45) is -5.43. The molecule has 1 amide bonds. The van der Waals surface area contributed by atoms with E-state index in [1.807, 2.05) is 4.98 Å². The van der Waals surface area contributed by atoms with Crippen molar-refractivity contribution in [3.05, 3.63) is 43.0 Å². The van der Waals surface area contributed by atoms with Gasteiger partial charge in [-0.1, -0.05) is 5.11 Å². The van der Waals surface area contributed by atoms with E-state index in [0.29, 0.717) is 4.57 Å². The lowest BCUT2D eigenvalue weighted by Crippen LogP contribution is -2.45. The molecule has 0 bridgehead atoms. The molecule has 2 aliphatic heterocycles. The van der Waals surface area contributed by atoms with E-state index in [1.54, 1.807) is 0 Å². The van der Waals surface area contributed by atoms with Gasteiger partial charge in [0.2, 0.25) is 5.72 Å². The number of aliphatic hydroxyl groups excluding tert-OH is 2. The summed E-state index contributed by atoms with van der Waals surface area (Å²) in [6.45, 7) is -0.0523. The molecule has 14 heteroatoms. The smallest absolute Gasteiger partial charge is 0.330 e. The Kier molecular flexibility index (Phi) is 5.49. The van der Waals surface area contributed by atoms with Gasteiger partial charge < -0.3 is 24.6 Å². The van der Waals surface area contributed by atoms with E-state index in [1.165, 1.54) is 4.90 Å². The van der Waals surface area contributed by atoms with Crippen LogP contribution in [0, 0.1) is 0 Å². The minimum Gasteiger partial charge on any atom is -0.393 e. The van der Waals surface area contributed by atoms with Crippen molar-refractivity contribution in [2.24, 2.45) is 5.11 Å². The number of nitrogens with one attached hydrogen (secondary N) is 1. The SMILES string of the molecule is [N-]=[N+]=N[C@]1(CO)O[C@@H](n2cc(C(=O)N3CCOCC3)c(=O)[nH]c2=O)[C@@H](F)[C@@H]1O. The molecule has 0 aromatic carbocycles. The van der Waals surface area contributed by atoms with Crippen LogP contribution in [0.5, 0.6) is 0 Å². The van der Waals surface area contributed by atoms with Gasteiger partial charge in [0.05, 0.1) is 19.8 Å². The van der Waals surface area contributed by atoms with E-state index in [9.17, 15) is 29.0 Å². The third-order valence-corrected chi connectivity index (χ3v) is 4.57. The van der Waals surface area contributed by atoms with Crippen LogP contribution in [0.4, 0.5) is 4.39 Å². The van der Waals surface area contributed by atoms with Gasteiger partial charge in [0.1, 0.15) is 11.7 Å². The van der Waals surface area contributed by atoms with Crippen LogP contribution in [-0.4, -0.2) is 81.5 Å². The number of amides is 1. The number of aliphatic hydroxyl groups is 2. The second-order valence-corrected chi connectivity index (χ2v) is 6.20. The molecule has 28 heavy (non-hydrogen) atoms. The molecule has 0 saturated carbocycles. The van der Waals surface area contributed by atoms with E-state index >= 15 is 0 Å². The highest BCUT2D eigenvalue weighted by Crippen LogP contribution is 2.39. The van der Waals surface area contributed by atoms with Gasteiger partial charge in [0.25, 0.3) is 11.5 Å². The number of halogens is 1. The average Bonchev–Trinajstić information content (AvgIpc) is 2.94. The van der Waals surface area contributed by atoms with E-state index < -0.39 is 53.6 Å². The molecule has 13 nitrogen and oxygen atoms in total. The van der Waals surface area contributed by atoms with Gasteiger partial charge in [-0.15, -0.1) is 0 Å². The van der Waals surface area contributed by atoms with Crippen molar-refractivity contribution in [1.29, 1.82) is 0 Å². The minimum absolute atomic E-state index is 0.228. The van der Waals surface area contributed by atoms with Crippen molar-refractivity contribution >= 4 is 5.91 Å². The molecule has 4 atom stereocenters. The first-order valence-electron chi connectivity index (χ1n) is 8.24. The lowest BCUT2D eigenvalue weighted by atomic mass is 10.1. The normalized spacial score (nSPS) is 30.1. The van der Waals surface area contributed by atoms with Crippen LogP contribution in [0.25, 0.3) is 10.4 Å². The molecule has 3 rings (SSSR count). The van der Waals surface area contributed by atoms with E-state index in [2.05, 4.69) is 10.0 Å². The zero-order chi connectivity index (χ0) is 20.5. The highest BCUT2D eigenvalue weighted by molar-refractivity contribution is 5.93. The average molecular weight is 400 g/mol. The second-order valence-electron chi connectivity index (χ2n) is 6.20. The Morgan fingerprint density at radius 3 is 2.75 bits per heavy atom. The number of alkyl halides is 1. The number of hydrogen-bond acceptors (Lipinski definition) is 8. The predicted octanol–water partition coefficient (Wildman–Crippen LogP) is -1.76. The number of ether oxygens (including phenoxy) is 2. The summed E-state index contributed by atoms with van der Waals surface area (Å²) in [4.78, 5) is 42.5. The largest absolute Gasteiger partial charge is 0.393 e. The zero-order valence-corrected chi connectivity index (χ0v) is 14.4. The number of hydrogen-bond donors (Lipinski definition) is 3. The molecule has 3 heterocycles. The fourth-order valence-corrected chi connectivity index (χ4v) is 3.04. The lowest BCUT2D eigenvalue weighted by Gasteiger charge is -2.27. The molecule has 0 unspecified atom stereocenters. The van der Waals surface area contributed by atoms with Gasteiger partial charge in [0, 0.05) is 24.2 Å². The number of carbonyl (C=O) groups excluding carboxylic acids is 1. The standard InChI is InChI=1S/C14H17FN6O7/c15-8-9(23)14(6-22,18-19-16)28-12(8)21-5-7(10(24)17-13(21)26)11(25)20-1-3-27-4-2-20/h5,8-9,12,22-23H,1-4,6H2,(H,17,24,26)/t8-,9-,12+,14+/m0/s1. The molecule has 2 saturated heterocycles. The summed E-state index contributed by atoms with van der Waals surface area (Å²) >= 11 is 0. The highest BCUT2D eigenvalue weighted by Gasteiger charge is 2.56. The Morgan fingerprint density at radius 1 is 1.46 bits per heavy atom. The molecule has 0 radical (unpaired) electrons. The summed E-state index contributed by atoms with van der Waals surface area (Å²) in [5.41, 5.74) is 3.70. The Morgan fingerprint density at radius 2 is 2.14 bits per heavy atom. The van der Waals surface area contributed by atoms with Crippen LogP contribution >= 0.6 is 0 Å². The van der Waals surface area contributed by atoms with Crippen molar-refractivity contribution in [3.63, 3.8) is 0 Å². The number of morpholine rings is 1. The number of azide groups is 1. The molecule has 2 aliphatic rings. The van der Waals surface area contributed by atoms with Gasteiger partial charge in [-0.2, -0.15) is 0 Å². The van der Waals surface area contributed by atoms with E-state index in [0.717, 1.165) is 6.20 Å². The molecule has 2 fully saturated rings. The maximum absolute atomic E-state index is 14.6. The Balaban J connectivity index is 2.01. The van der Waals surface area contributed by atoms with Crippen LogP contribution in [0.3, 0.4) is 0 Å². The molecule has 0 aliphatic carbocycles. The molecule has 3 N–H and O–H groups in total. The van der Waals surface area contributed by atoms with Crippen LogP contribution < -0.4 is 11.2 Å². The van der Waals surface area contributed by atoms with E-state index in [-0.39, 0.29) is 26.3 Å². The molecule has 1 aromatic heterocycles. The van der Waals surface area contributed by atoms with E-state index in [4.69, 9.17) is 15.0 Å². The van der Waals surface area contributed by atoms with Crippen molar-refractivity contribution < 1.29 is 28.9 Å². The molecule has 1 aromatic rings. The van der Waals surface area contributed by atoms with Crippen molar-refractivity contribution in [2.75, 3.05) is 32.9 Å². The second kappa shape index (κ2) is 7.69. The van der Waals surface area contributed by atoms with Gasteiger partial charge in [-0.3, -0.25) is 19.1 Å². The number of aromatic nitrogens is 2. The lowest BCUT2D eigenvalue weighted by molar-refractivity contribution is -0.124. The monoisotopic (exact) mass is 400 g/mol. The zero-order valence-electron chi connectivity index (χ0n) is 14.4. The number of H-pyrrole nitrogens is 1. The summed E-state index contributed by atoms with van der Waals surface area (Å²) in [6, 6.07) is 0. The molecule has 152 valence electrons.